The van der Waals surface area contributed by atoms with Crippen LogP contribution in [0.1, 0.15) is 97.0 Å². The van der Waals surface area contributed by atoms with Crippen LogP contribution in [0.3, 0.4) is 0 Å². The van der Waals surface area contributed by atoms with Crippen LogP contribution in [-0.2, 0) is 13.6 Å². The van der Waals surface area contributed by atoms with Crippen LogP contribution in [0.2, 0.25) is 0 Å². The van der Waals surface area contributed by atoms with Gasteiger partial charge in [0, 0.05) is 12.4 Å². The van der Waals surface area contributed by atoms with Crippen molar-refractivity contribution in [3.63, 3.8) is 0 Å². The van der Waals surface area contributed by atoms with Gasteiger partial charge in [0.05, 0.1) is 31.6 Å². The minimum atomic E-state index is -3.10. The molecule has 0 aromatic carbocycles. The highest BCUT2D eigenvalue weighted by atomic mass is 31.2. The van der Waals surface area contributed by atoms with Crippen molar-refractivity contribution in [3.05, 3.63) is 30.1 Å². The zero-order chi connectivity index (χ0) is 28.3. The molecule has 4 aliphatic carbocycles. The number of fused-ring (bicyclic) bond motifs is 5. The fourth-order valence-corrected chi connectivity index (χ4v) is 12.9. The van der Waals surface area contributed by atoms with E-state index >= 15 is 0 Å². The van der Waals surface area contributed by atoms with E-state index in [4.69, 9.17) is 9.05 Å². The van der Waals surface area contributed by atoms with Crippen LogP contribution in [0, 0.1) is 52.3 Å². The van der Waals surface area contributed by atoms with E-state index in [2.05, 4.69) is 32.7 Å². The normalized spacial score (nSPS) is 49.5. The fourth-order valence-electron chi connectivity index (χ4n) is 10.9. The fraction of sp³-hybridized carbons (Fsp3) is 0.848. The molecule has 5 aliphatic rings. The highest BCUT2D eigenvalue weighted by Gasteiger charge is 2.64. The van der Waals surface area contributed by atoms with Gasteiger partial charge in [0.1, 0.15) is 0 Å². The van der Waals surface area contributed by atoms with Crippen LogP contribution < -0.4 is 0 Å². The first-order valence-electron chi connectivity index (χ1n) is 16.2. The Balaban J connectivity index is 1.10. The molecule has 1 saturated heterocycles. The van der Waals surface area contributed by atoms with Gasteiger partial charge in [-0.05, 0) is 134 Å². The predicted molar refractivity (Wildman–Crippen MR) is 157 cm³/mol. The van der Waals surface area contributed by atoms with Gasteiger partial charge in [0.2, 0.25) is 0 Å². The van der Waals surface area contributed by atoms with Gasteiger partial charge in [-0.25, -0.2) is 0 Å². The molecule has 0 amide bonds. The topological polar surface area (TPSA) is 88.9 Å². The molecule has 0 spiro atoms. The van der Waals surface area contributed by atoms with Gasteiger partial charge in [-0.3, -0.25) is 9.55 Å². The van der Waals surface area contributed by atoms with Gasteiger partial charge in [-0.15, -0.1) is 0 Å². The standard InChI is InChI=1S/C33H52NO5P/c1-21(11-17-38-40(37)20-24(12-18-39-40)23-9-15-34-16-10-23)26-5-6-27-30-28(8-14-32(26,27)3)33(4)13-7-25(35)19-29(33)22(2)31(30)36/h9-10,15-16,21-22,24-31,35-36H,5-8,11-14,17-20H2,1-4H3/t21-,22-,24-,25-,26-,27?,28?,29?,30?,31-,32-,33-,40?/m1/s1. The number of aliphatic hydroxyl groups excluding tert-OH is 2. The van der Waals surface area contributed by atoms with Crippen LogP contribution in [-0.4, -0.2) is 46.8 Å². The second kappa shape index (κ2) is 11.1. The number of hydrogen-bond donors (Lipinski definition) is 2. The molecule has 13 atom stereocenters. The van der Waals surface area contributed by atoms with Crippen LogP contribution in [0.4, 0.5) is 0 Å². The van der Waals surface area contributed by atoms with E-state index in [1.165, 1.54) is 31.2 Å². The summed E-state index contributed by atoms with van der Waals surface area (Å²) in [6.45, 7) is 10.6. The van der Waals surface area contributed by atoms with Crippen molar-refractivity contribution in [1.29, 1.82) is 0 Å². The summed E-state index contributed by atoms with van der Waals surface area (Å²) in [4.78, 5) is 4.12. The molecule has 5 fully saturated rings. The molecule has 1 aliphatic heterocycles. The van der Waals surface area contributed by atoms with Crippen molar-refractivity contribution in [1.82, 2.24) is 4.98 Å². The third-order valence-corrected chi connectivity index (χ3v) is 15.2. The first-order valence-corrected chi connectivity index (χ1v) is 17.9. The lowest BCUT2D eigenvalue weighted by atomic mass is 9.42. The molecule has 2 heterocycles. The van der Waals surface area contributed by atoms with Crippen LogP contribution in [0.15, 0.2) is 24.5 Å². The number of aromatic nitrogens is 1. The lowest BCUT2D eigenvalue weighted by molar-refractivity contribution is -0.199. The maximum atomic E-state index is 13.5. The maximum absolute atomic E-state index is 13.5. The average Bonchev–Trinajstić information content (AvgIpc) is 3.30. The zero-order valence-corrected chi connectivity index (χ0v) is 26.0. The lowest BCUT2D eigenvalue weighted by Gasteiger charge is -2.64. The van der Waals surface area contributed by atoms with Crippen molar-refractivity contribution in [2.45, 2.75) is 104 Å². The molecule has 2 N–H and O–H groups in total. The molecule has 7 heteroatoms. The highest BCUT2D eigenvalue weighted by molar-refractivity contribution is 7.53. The van der Waals surface area contributed by atoms with Gasteiger partial charge in [0.15, 0.2) is 0 Å². The summed E-state index contributed by atoms with van der Waals surface area (Å²) in [5.41, 5.74) is 1.64. The highest BCUT2D eigenvalue weighted by Crippen LogP contribution is 2.69. The lowest BCUT2D eigenvalue weighted by Crippen LogP contribution is -2.61. The molecule has 40 heavy (non-hydrogen) atoms. The Kier molecular flexibility index (Phi) is 8.09. The van der Waals surface area contributed by atoms with E-state index in [0.29, 0.717) is 54.9 Å². The Bertz CT molecular complexity index is 1090. The van der Waals surface area contributed by atoms with Crippen molar-refractivity contribution in [2.24, 2.45) is 52.3 Å². The summed E-state index contributed by atoms with van der Waals surface area (Å²) in [7, 11) is -3.10. The Morgan fingerprint density at radius 1 is 1.05 bits per heavy atom. The van der Waals surface area contributed by atoms with E-state index in [9.17, 15) is 14.8 Å². The quantitative estimate of drug-likeness (QED) is 0.354. The number of aliphatic hydroxyl groups is 2. The predicted octanol–water partition coefficient (Wildman–Crippen LogP) is 7.06. The summed E-state index contributed by atoms with van der Waals surface area (Å²) >= 11 is 0. The molecule has 224 valence electrons. The molecule has 0 bridgehead atoms. The molecule has 1 aromatic rings. The van der Waals surface area contributed by atoms with E-state index in [1.54, 1.807) is 12.4 Å². The molecule has 1 aromatic heterocycles. The molecule has 5 unspecified atom stereocenters. The molecule has 0 radical (unpaired) electrons. The van der Waals surface area contributed by atoms with E-state index in [1.807, 2.05) is 12.1 Å². The largest absolute Gasteiger partial charge is 0.393 e. The average molecular weight is 574 g/mol. The number of pyridine rings is 1. The van der Waals surface area contributed by atoms with E-state index in [-0.39, 0.29) is 34.9 Å². The van der Waals surface area contributed by atoms with Gasteiger partial charge in [-0.1, -0.05) is 27.7 Å². The number of hydrogen-bond acceptors (Lipinski definition) is 6. The maximum Gasteiger partial charge on any atom is 0.331 e. The third-order valence-electron chi connectivity index (χ3n) is 13.1. The molecular formula is C33H52NO5P. The number of rotatable bonds is 6. The van der Waals surface area contributed by atoms with Crippen LogP contribution >= 0.6 is 7.60 Å². The van der Waals surface area contributed by atoms with Crippen molar-refractivity contribution in [3.8, 4) is 0 Å². The summed E-state index contributed by atoms with van der Waals surface area (Å²) in [5, 5.41) is 22.2. The van der Waals surface area contributed by atoms with E-state index in [0.717, 1.165) is 32.1 Å². The summed E-state index contributed by atoms with van der Waals surface area (Å²) in [5.74, 6) is 3.44. The van der Waals surface area contributed by atoms with Gasteiger partial charge < -0.3 is 19.3 Å². The molecule has 6 nitrogen and oxygen atoms in total. The second-order valence-corrected chi connectivity index (χ2v) is 17.0. The molecule has 4 saturated carbocycles. The molecular weight excluding hydrogens is 521 g/mol. The minimum Gasteiger partial charge on any atom is -0.393 e. The van der Waals surface area contributed by atoms with E-state index < -0.39 is 7.60 Å². The minimum absolute atomic E-state index is 0.197. The SMILES string of the molecule is C[C@H](CCOP1(=O)C[C@H](c2ccncc2)CCO1)[C@H]1CCC2C3C(CC[C@@]21C)[C@@]1(C)CC[C@@H](O)CC1[C@@H](C)[C@H]3O. The Morgan fingerprint density at radius 2 is 1.77 bits per heavy atom. The Hall–Kier alpha value is -0.780. The first kappa shape index (κ1) is 29.3. The Morgan fingerprint density at radius 3 is 2.55 bits per heavy atom. The van der Waals surface area contributed by atoms with Crippen LogP contribution in [0.5, 0.6) is 0 Å². The second-order valence-electron chi connectivity index (χ2n) is 14.9. The van der Waals surface area contributed by atoms with Crippen molar-refractivity contribution >= 4 is 7.60 Å². The number of nitrogens with zero attached hydrogens (tertiary/aromatic N) is 1. The van der Waals surface area contributed by atoms with Crippen molar-refractivity contribution in [2.75, 3.05) is 19.4 Å². The first-order chi connectivity index (χ1) is 19.1. The van der Waals surface area contributed by atoms with Gasteiger partial charge in [0.25, 0.3) is 0 Å². The molecule has 6 rings (SSSR count). The monoisotopic (exact) mass is 573 g/mol. The third kappa shape index (κ3) is 4.96. The summed E-state index contributed by atoms with van der Waals surface area (Å²) < 4.78 is 25.3. The van der Waals surface area contributed by atoms with Crippen LogP contribution in [0.25, 0.3) is 0 Å². The van der Waals surface area contributed by atoms with Gasteiger partial charge in [-0.2, -0.15) is 0 Å². The summed E-state index contributed by atoms with van der Waals surface area (Å²) in [6, 6.07) is 4.02. The smallest absolute Gasteiger partial charge is 0.331 e. The van der Waals surface area contributed by atoms with Gasteiger partial charge >= 0.3 is 7.60 Å². The zero-order valence-electron chi connectivity index (χ0n) is 25.1. The summed E-state index contributed by atoms with van der Waals surface area (Å²) in [6.07, 6.45) is 13.1. The van der Waals surface area contributed by atoms with Crippen molar-refractivity contribution < 1.29 is 23.8 Å². The Labute approximate surface area is 241 Å².